The Morgan fingerprint density at radius 2 is 2.00 bits per heavy atom. The number of pyridine rings is 1. The van der Waals surface area contributed by atoms with Crippen LogP contribution in [0, 0.1) is 6.92 Å². The van der Waals surface area contributed by atoms with Crippen molar-refractivity contribution < 1.29 is 4.74 Å². The molecule has 3 heterocycles. The molecular weight excluding hydrogens is 262 g/mol. The summed E-state index contributed by atoms with van der Waals surface area (Å²) in [5.41, 5.74) is 2.62. The van der Waals surface area contributed by atoms with Crippen LogP contribution in [-0.2, 0) is 4.74 Å². The Kier molecular flexibility index (Phi) is 4.76. The Morgan fingerprint density at radius 1 is 1.19 bits per heavy atom. The van der Waals surface area contributed by atoms with Crippen molar-refractivity contribution in [3.05, 3.63) is 23.4 Å². The summed E-state index contributed by atoms with van der Waals surface area (Å²) in [6, 6.07) is 5.08. The van der Waals surface area contributed by atoms with Crippen molar-refractivity contribution in [1.82, 2.24) is 9.88 Å². The molecule has 4 heteroatoms. The lowest BCUT2D eigenvalue weighted by atomic mass is 9.94. The van der Waals surface area contributed by atoms with Crippen LogP contribution in [0.5, 0.6) is 0 Å². The topological polar surface area (TPSA) is 28.6 Å². The van der Waals surface area contributed by atoms with Crippen molar-refractivity contribution in [3.8, 4) is 0 Å². The van der Waals surface area contributed by atoms with Crippen LogP contribution in [0.15, 0.2) is 12.1 Å². The van der Waals surface area contributed by atoms with Gasteiger partial charge in [0.25, 0.3) is 0 Å². The van der Waals surface area contributed by atoms with Gasteiger partial charge in [-0.2, -0.15) is 0 Å². The summed E-state index contributed by atoms with van der Waals surface area (Å²) in [4.78, 5) is 9.82. The Balaban J connectivity index is 1.80. The number of aryl methyl sites for hydroxylation is 1. The van der Waals surface area contributed by atoms with Crippen LogP contribution in [0.4, 0.5) is 5.82 Å². The van der Waals surface area contributed by atoms with Gasteiger partial charge in [-0.05, 0) is 44.5 Å². The van der Waals surface area contributed by atoms with E-state index >= 15 is 0 Å². The molecule has 1 unspecified atom stereocenters. The second kappa shape index (κ2) is 6.75. The van der Waals surface area contributed by atoms with Gasteiger partial charge in [-0.1, -0.05) is 19.4 Å². The van der Waals surface area contributed by atoms with Crippen molar-refractivity contribution in [2.75, 3.05) is 44.3 Å². The van der Waals surface area contributed by atoms with Crippen molar-refractivity contribution >= 4 is 5.82 Å². The Hall–Kier alpha value is -1.13. The molecule has 0 spiro atoms. The summed E-state index contributed by atoms with van der Waals surface area (Å²) in [5, 5.41) is 0. The fraction of sp³-hybridized carbons (Fsp3) is 0.706. The number of ether oxygens (including phenoxy) is 1. The highest BCUT2D eigenvalue weighted by Crippen LogP contribution is 2.32. The minimum Gasteiger partial charge on any atom is -0.378 e. The first kappa shape index (κ1) is 14.8. The molecule has 2 fully saturated rings. The molecule has 2 saturated heterocycles. The van der Waals surface area contributed by atoms with E-state index in [0.29, 0.717) is 6.04 Å². The third-order valence-electron chi connectivity index (χ3n) is 4.83. The molecule has 2 aliphatic rings. The molecule has 0 aliphatic carbocycles. The zero-order chi connectivity index (χ0) is 14.7. The summed E-state index contributed by atoms with van der Waals surface area (Å²) in [6.07, 6.45) is 3.95. The molecule has 0 bridgehead atoms. The number of nitrogens with zero attached hydrogens (tertiary/aromatic N) is 3. The molecule has 0 amide bonds. The predicted molar refractivity (Wildman–Crippen MR) is 85.8 cm³/mol. The van der Waals surface area contributed by atoms with Crippen molar-refractivity contribution in [2.45, 2.75) is 39.2 Å². The normalized spacial score (nSPS) is 24.3. The summed E-state index contributed by atoms with van der Waals surface area (Å²) in [6.45, 7) is 10.3. The van der Waals surface area contributed by atoms with Crippen LogP contribution >= 0.6 is 0 Å². The first-order valence-electron chi connectivity index (χ1n) is 8.34. The average molecular weight is 289 g/mol. The van der Waals surface area contributed by atoms with Crippen molar-refractivity contribution in [3.63, 3.8) is 0 Å². The van der Waals surface area contributed by atoms with Gasteiger partial charge in [-0.25, -0.2) is 4.98 Å². The van der Waals surface area contributed by atoms with E-state index < -0.39 is 0 Å². The van der Waals surface area contributed by atoms with Gasteiger partial charge in [0.1, 0.15) is 5.82 Å². The minimum atomic E-state index is 0.565. The highest BCUT2D eigenvalue weighted by Gasteiger charge is 2.24. The number of hydrogen-bond acceptors (Lipinski definition) is 4. The van der Waals surface area contributed by atoms with E-state index in [0.717, 1.165) is 38.7 Å². The molecule has 1 aromatic heterocycles. The van der Waals surface area contributed by atoms with Gasteiger partial charge in [-0.3, -0.25) is 4.90 Å². The average Bonchev–Trinajstić information content (AvgIpc) is 2.55. The monoisotopic (exact) mass is 289 g/mol. The maximum Gasteiger partial charge on any atom is 0.128 e. The lowest BCUT2D eigenvalue weighted by molar-refractivity contribution is 0.122. The van der Waals surface area contributed by atoms with Crippen LogP contribution in [0.1, 0.15) is 43.5 Å². The van der Waals surface area contributed by atoms with Crippen LogP contribution in [-0.4, -0.2) is 49.3 Å². The van der Waals surface area contributed by atoms with Crippen LogP contribution in [0.2, 0.25) is 0 Å². The van der Waals surface area contributed by atoms with E-state index in [9.17, 15) is 0 Å². The second-order valence-electron chi connectivity index (χ2n) is 6.08. The molecule has 0 saturated carbocycles. The summed E-state index contributed by atoms with van der Waals surface area (Å²) < 4.78 is 5.42. The fourth-order valence-electron chi connectivity index (χ4n) is 3.60. The molecule has 2 aliphatic heterocycles. The van der Waals surface area contributed by atoms with E-state index in [4.69, 9.17) is 9.72 Å². The van der Waals surface area contributed by atoms with E-state index in [-0.39, 0.29) is 0 Å². The van der Waals surface area contributed by atoms with E-state index in [1.807, 2.05) is 0 Å². The predicted octanol–water partition coefficient (Wildman–Crippen LogP) is 2.77. The molecule has 1 aromatic rings. The molecular formula is C17H27N3O. The summed E-state index contributed by atoms with van der Waals surface area (Å²) >= 11 is 0. The fourth-order valence-corrected chi connectivity index (χ4v) is 3.60. The SMILES string of the molecule is CCN1CCCCC1c1ccc(N2CCOCC2)nc1C. The molecule has 0 N–H and O–H groups in total. The zero-order valence-corrected chi connectivity index (χ0v) is 13.3. The van der Waals surface area contributed by atoms with E-state index in [1.54, 1.807) is 0 Å². The number of piperidine rings is 1. The van der Waals surface area contributed by atoms with Gasteiger partial charge in [0.15, 0.2) is 0 Å². The number of rotatable bonds is 3. The Labute approximate surface area is 128 Å². The van der Waals surface area contributed by atoms with Crippen LogP contribution < -0.4 is 4.90 Å². The number of likely N-dealkylation sites (tertiary alicyclic amines) is 1. The largest absolute Gasteiger partial charge is 0.378 e. The lowest BCUT2D eigenvalue weighted by Crippen LogP contribution is -2.37. The third-order valence-corrected chi connectivity index (χ3v) is 4.83. The maximum absolute atomic E-state index is 5.42. The van der Waals surface area contributed by atoms with Crippen molar-refractivity contribution in [2.24, 2.45) is 0 Å². The molecule has 3 rings (SSSR count). The second-order valence-corrected chi connectivity index (χ2v) is 6.08. The Bertz CT molecular complexity index is 471. The van der Waals surface area contributed by atoms with Crippen LogP contribution in [0.25, 0.3) is 0 Å². The smallest absolute Gasteiger partial charge is 0.128 e. The maximum atomic E-state index is 5.42. The first-order valence-corrected chi connectivity index (χ1v) is 8.34. The van der Waals surface area contributed by atoms with Gasteiger partial charge in [-0.15, -0.1) is 0 Å². The molecule has 0 aromatic carbocycles. The molecule has 4 nitrogen and oxygen atoms in total. The van der Waals surface area contributed by atoms with Gasteiger partial charge < -0.3 is 9.64 Å². The first-order chi connectivity index (χ1) is 10.3. The summed E-state index contributed by atoms with van der Waals surface area (Å²) in [5.74, 6) is 1.11. The highest BCUT2D eigenvalue weighted by atomic mass is 16.5. The van der Waals surface area contributed by atoms with E-state index in [1.165, 1.54) is 37.1 Å². The highest BCUT2D eigenvalue weighted by molar-refractivity contribution is 5.42. The molecule has 1 atom stereocenters. The van der Waals surface area contributed by atoms with Gasteiger partial charge >= 0.3 is 0 Å². The molecule has 116 valence electrons. The number of anilines is 1. The standard InChI is InChI=1S/C17H27N3O/c1-3-19-9-5-4-6-16(19)15-7-8-17(18-14(15)2)20-10-12-21-13-11-20/h7-8,16H,3-6,9-13H2,1-2H3. The third kappa shape index (κ3) is 3.22. The molecule has 0 radical (unpaired) electrons. The quantitative estimate of drug-likeness (QED) is 0.855. The number of morpholine rings is 1. The lowest BCUT2D eigenvalue weighted by Gasteiger charge is -2.36. The van der Waals surface area contributed by atoms with E-state index in [2.05, 4.69) is 35.8 Å². The zero-order valence-electron chi connectivity index (χ0n) is 13.3. The number of aromatic nitrogens is 1. The van der Waals surface area contributed by atoms with Gasteiger partial charge in [0.2, 0.25) is 0 Å². The molecule has 21 heavy (non-hydrogen) atoms. The number of hydrogen-bond donors (Lipinski definition) is 0. The van der Waals surface area contributed by atoms with Crippen molar-refractivity contribution in [1.29, 1.82) is 0 Å². The van der Waals surface area contributed by atoms with Crippen LogP contribution in [0.3, 0.4) is 0 Å². The Morgan fingerprint density at radius 3 is 2.71 bits per heavy atom. The summed E-state index contributed by atoms with van der Waals surface area (Å²) in [7, 11) is 0. The van der Waals surface area contributed by atoms with Gasteiger partial charge in [0, 0.05) is 24.8 Å². The van der Waals surface area contributed by atoms with Gasteiger partial charge in [0.05, 0.1) is 13.2 Å². The minimum absolute atomic E-state index is 0.565.